The Balaban J connectivity index is 2.33. The van der Waals surface area contributed by atoms with E-state index in [2.05, 4.69) is 16.9 Å². The molecule has 0 saturated heterocycles. The summed E-state index contributed by atoms with van der Waals surface area (Å²) in [6, 6.07) is 0.0677. The molecule has 3 atom stereocenters. The second-order valence-electron chi connectivity index (χ2n) is 5.39. The number of carboxylic acids is 1. The SMILES string of the molecule is CCC(CNC(=O)NC1CCCCC1SC)CC(=O)O. The number of nitrogens with one attached hydrogen (secondary N) is 2. The number of hydrogen-bond donors (Lipinski definition) is 3. The number of carbonyl (C=O) groups is 2. The molecular formula is C14H26N2O3S. The van der Waals surface area contributed by atoms with Gasteiger partial charge in [-0.25, -0.2) is 4.79 Å². The standard InChI is InChI=1S/C14H26N2O3S/c1-3-10(8-13(17)18)9-15-14(19)16-11-6-4-5-7-12(11)20-2/h10-12H,3-9H2,1-2H3,(H,17,18)(H2,15,16,19). The van der Waals surface area contributed by atoms with Gasteiger partial charge in [0.05, 0.1) is 0 Å². The van der Waals surface area contributed by atoms with E-state index in [1.165, 1.54) is 12.8 Å². The van der Waals surface area contributed by atoms with Crippen molar-refractivity contribution < 1.29 is 14.7 Å². The van der Waals surface area contributed by atoms with Crippen molar-refractivity contribution in [1.29, 1.82) is 0 Å². The maximum Gasteiger partial charge on any atom is 0.315 e. The lowest BCUT2D eigenvalue weighted by atomic mass is 9.95. The third-order valence-corrected chi connectivity index (χ3v) is 5.08. The number of thioether (sulfide) groups is 1. The summed E-state index contributed by atoms with van der Waals surface area (Å²) < 4.78 is 0. The number of hydrogen-bond acceptors (Lipinski definition) is 3. The summed E-state index contributed by atoms with van der Waals surface area (Å²) in [7, 11) is 0. The van der Waals surface area contributed by atoms with Crippen LogP contribution in [0.5, 0.6) is 0 Å². The molecule has 2 amide bonds. The first-order valence-corrected chi connectivity index (χ1v) is 8.64. The molecule has 1 saturated carbocycles. The van der Waals surface area contributed by atoms with E-state index in [0.29, 0.717) is 11.8 Å². The van der Waals surface area contributed by atoms with Gasteiger partial charge in [0.25, 0.3) is 0 Å². The first kappa shape index (κ1) is 17.1. The van der Waals surface area contributed by atoms with Crippen LogP contribution in [0.15, 0.2) is 0 Å². The molecule has 0 radical (unpaired) electrons. The van der Waals surface area contributed by atoms with Crippen molar-refractivity contribution in [3.05, 3.63) is 0 Å². The highest BCUT2D eigenvalue weighted by atomic mass is 32.2. The number of carbonyl (C=O) groups excluding carboxylic acids is 1. The molecule has 0 aromatic heterocycles. The normalized spacial score (nSPS) is 23.9. The largest absolute Gasteiger partial charge is 0.481 e. The van der Waals surface area contributed by atoms with Crippen LogP contribution >= 0.6 is 11.8 Å². The first-order valence-electron chi connectivity index (χ1n) is 7.35. The van der Waals surface area contributed by atoms with E-state index >= 15 is 0 Å². The van der Waals surface area contributed by atoms with E-state index < -0.39 is 5.97 Å². The topological polar surface area (TPSA) is 78.4 Å². The Kier molecular flexibility index (Phi) is 7.80. The van der Waals surface area contributed by atoms with Crippen LogP contribution in [0, 0.1) is 5.92 Å². The van der Waals surface area contributed by atoms with Gasteiger partial charge in [-0.3, -0.25) is 4.79 Å². The van der Waals surface area contributed by atoms with Gasteiger partial charge in [-0.05, 0) is 25.0 Å². The van der Waals surface area contributed by atoms with E-state index in [0.717, 1.165) is 19.3 Å². The van der Waals surface area contributed by atoms with Gasteiger partial charge in [-0.1, -0.05) is 26.2 Å². The van der Waals surface area contributed by atoms with Gasteiger partial charge in [-0.15, -0.1) is 0 Å². The van der Waals surface area contributed by atoms with E-state index in [1.54, 1.807) is 0 Å². The van der Waals surface area contributed by atoms with Crippen molar-refractivity contribution in [3.63, 3.8) is 0 Å². The molecule has 0 heterocycles. The lowest BCUT2D eigenvalue weighted by molar-refractivity contribution is -0.138. The summed E-state index contributed by atoms with van der Waals surface area (Å²) in [6.45, 7) is 2.36. The Morgan fingerprint density at radius 1 is 1.35 bits per heavy atom. The predicted octanol–water partition coefficient (Wildman–Crippen LogP) is 2.46. The molecular weight excluding hydrogens is 276 g/mol. The van der Waals surface area contributed by atoms with Gasteiger partial charge in [0, 0.05) is 24.3 Å². The van der Waals surface area contributed by atoms with Crippen molar-refractivity contribution in [2.75, 3.05) is 12.8 Å². The molecule has 20 heavy (non-hydrogen) atoms. The zero-order valence-corrected chi connectivity index (χ0v) is 13.2. The third-order valence-electron chi connectivity index (χ3n) is 3.91. The number of amides is 2. The van der Waals surface area contributed by atoms with Gasteiger partial charge < -0.3 is 15.7 Å². The molecule has 1 fully saturated rings. The monoisotopic (exact) mass is 302 g/mol. The zero-order chi connectivity index (χ0) is 15.0. The van der Waals surface area contributed by atoms with Crippen LogP contribution in [-0.2, 0) is 4.79 Å². The molecule has 0 aromatic rings. The van der Waals surface area contributed by atoms with Gasteiger partial charge in [0.1, 0.15) is 0 Å². The van der Waals surface area contributed by atoms with Crippen LogP contribution in [0.3, 0.4) is 0 Å². The lowest BCUT2D eigenvalue weighted by Crippen LogP contribution is -2.48. The maximum atomic E-state index is 11.9. The molecule has 1 aliphatic carbocycles. The average molecular weight is 302 g/mol. The third kappa shape index (κ3) is 6.03. The Hall–Kier alpha value is -0.910. The summed E-state index contributed by atoms with van der Waals surface area (Å²) in [4.78, 5) is 22.6. The fraction of sp³-hybridized carbons (Fsp3) is 0.857. The van der Waals surface area contributed by atoms with Crippen molar-refractivity contribution >= 4 is 23.8 Å². The fourth-order valence-electron chi connectivity index (χ4n) is 2.61. The molecule has 0 aromatic carbocycles. The Morgan fingerprint density at radius 2 is 2.05 bits per heavy atom. The Bertz CT molecular complexity index is 326. The smallest absolute Gasteiger partial charge is 0.315 e. The molecule has 5 nitrogen and oxygen atoms in total. The summed E-state index contributed by atoms with van der Waals surface area (Å²) in [5.41, 5.74) is 0. The summed E-state index contributed by atoms with van der Waals surface area (Å²) in [5.74, 6) is -0.810. The Morgan fingerprint density at radius 3 is 2.65 bits per heavy atom. The van der Waals surface area contributed by atoms with Gasteiger partial charge in [0.2, 0.25) is 0 Å². The molecule has 1 rings (SSSR count). The molecule has 0 bridgehead atoms. The molecule has 0 aliphatic heterocycles. The van der Waals surface area contributed by atoms with E-state index in [1.807, 2.05) is 18.7 Å². The van der Waals surface area contributed by atoms with Crippen LogP contribution in [-0.4, -0.2) is 41.2 Å². The van der Waals surface area contributed by atoms with Crippen molar-refractivity contribution in [3.8, 4) is 0 Å². The van der Waals surface area contributed by atoms with Crippen LogP contribution in [0.25, 0.3) is 0 Å². The van der Waals surface area contributed by atoms with Crippen LogP contribution < -0.4 is 10.6 Å². The zero-order valence-electron chi connectivity index (χ0n) is 12.4. The van der Waals surface area contributed by atoms with E-state index in [-0.39, 0.29) is 24.4 Å². The first-order chi connectivity index (χ1) is 9.56. The summed E-state index contributed by atoms with van der Waals surface area (Å²) in [6.07, 6.45) is 7.54. The average Bonchev–Trinajstić information content (AvgIpc) is 2.43. The number of urea groups is 1. The van der Waals surface area contributed by atoms with Gasteiger partial charge in [-0.2, -0.15) is 11.8 Å². The van der Waals surface area contributed by atoms with Gasteiger partial charge in [0.15, 0.2) is 0 Å². The van der Waals surface area contributed by atoms with E-state index in [4.69, 9.17) is 5.11 Å². The second kappa shape index (κ2) is 9.10. The quantitative estimate of drug-likeness (QED) is 0.675. The highest BCUT2D eigenvalue weighted by Crippen LogP contribution is 2.27. The molecule has 6 heteroatoms. The number of carboxylic acid groups (broad SMARTS) is 1. The number of aliphatic carboxylic acids is 1. The van der Waals surface area contributed by atoms with Crippen molar-refractivity contribution in [2.45, 2.75) is 56.7 Å². The van der Waals surface area contributed by atoms with Crippen molar-refractivity contribution in [1.82, 2.24) is 10.6 Å². The minimum absolute atomic E-state index is 0.000882. The van der Waals surface area contributed by atoms with Crippen LogP contribution in [0.2, 0.25) is 0 Å². The maximum absolute atomic E-state index is 11.9. The van der Waals surface area contributed by atoms with Crippen LogP contribution in [0.1, 0.15) is 45.4 Å². The van der Waals surface area contributed by atoms with Gasteiger partial charge >= 0.3 is 12.0 Å². The minimum atomic E-state index is -0.811. The van der Waals surface area contributed by atoms with Crippen LogP contribution in [0.4, 0.5) is 4.79 Å². The Labute approximate surface area is 125 Å². The number of rotatable bonds is 7. The summed E-state index contributed by atoms with van der Waals surface area (Å²) >= 11 is 1.81. The fourth-order valence-corrected chi connectivity index (χ4v) is 3.54. The molecule has 1 aliphatic rings. The highest BCUT2D eigenvalue weighted by molar-refractivity contribution is 7.99. The predicted molar refractivity (Wildman–Crippen MR) is 82.1 cm³/mol. The molecule has 3 unspecified atom stereocenters. The summed E-state index contributed by atoms with van der Waals surface area (Å²) in [5, 5.41) is 15.1. The lowest BCUT2D eigenvalue weighted by Gasteiger charge is -2.31. The van der Waals surface area contributed by atoms with Crippen molar-refractivity contribution in [2.24, 2.45) is 5.92 Å². The molecule has 116 valence electrons. The second-order valence-corrected chi connectivity index (χ2v) is 6.47. The highest BCUT2D eigenvalue weighted by Gasteiger charge is 2.25. The van der Waals surface area contributed by atoms with E-state index in [9.17, 15) is 9.59 Å². The molecule has 3 N–H and O–H groups in total. The molecule has 0 spiro atoms. The minimum Gasteiger partial charge on any atom is -0.481 e.